The van der Waals surface area contributed by atoms with Gasteiger partial charge in [0.1, 0.15) is 5.82 Å². The van der Waals surface area contributed by atoms with Gasteiger partial charge in [-0.15, -0.1) is 0 Å². The Morgan fingerprint density at radius 3 is 2.50 bits per heavy atom. The lowest BCUT2D eigenvalue weighted by Crippen LogP contribution is -2.39. The largest absolute Gasteiger partial charge is 0.329 e. The number of halogens is 2. The van der Waals surface area contributed by atoms with Crippen molar-refractivity contribution in [2.75, 3.05) is 13.1 Å². The maximum atomic E-state index is 14.2. The van der Waals surface area contributed by atoms with Crippen LogP contribution < -0.4 is 5.73 Å². The van der Waals surface area contributed by atoms with E-state index in [1.54, 1.807) is 0 Å². The van der Waals surface area contributed by atoms with Gasteiger partial charge in [-0.3, -0.25) is 4.90 Å². The average Bonchev–Trinajstić information content (AvgIpc) is 2.39. The second kappa shape index (κ2) is 8.75. The van der Waals surface area contributed by atoms with E-state index in [1.807, 2.05) is 12.1 Å². The summed E-state index contributed by atoms with van der Waals surface area (Å²) in [4.78, 5) is 2.31. The summed E-state index contributed by atoms with van der Waals surface area (Å²) in [5, 5.41) is 0. The first kappa shape index (κ1) is 17.6. The molecule has 0 radical (unpaired) electrons. The van der Waals surface area contributed by atoms with E-state index in [2.05, 4.69) is 41.6 Å². The van der Waals surface area contributed by atoms with Crippen LogP contribution >= 0.6 is 15.9 Å². The third-order valence-corrected chi connectivity index (χ3v) is 4.12. The predicted octanol–water partition coefficient (Wildman–Crippen LogP) is 4.49. The molecule has 0 heterocycles. The minimum absolute atomic E-state index is 0.0556. The third-order valence-electron chi connectivity index (χ3n) is 3.63. The maximum Gasteiger partial charge on any atom is 0.129 e. The van der Waals surface area contributed by atoms with Crippen molar-refractivity contribution in [1.29, 1.82) is 0 Å². The minimum Gasteiger partial charge on any atom is -0.329 e. The van der Waals surface area contributed by atoms with Gasteiger partial charge in [-0.1, -0.05) is 41.8 Å². The molecule has 1 unspecified atom stereocenters. The van der Waals surface area contributed by atoms with Crippen LogP contribution in [-0.2, 0) is 0 Å². The van der Waals surface area contributed by atoms with Gasteiger partial charge in [0, 0.05) is 22.6 Å². The molecule has 0 saturated heterocycles. The van der Waals surface area contributed by atoms with Crippen LogP contribution in [0, 0.1) is 5.82 Å². The first-order valence-corrected chi connectivity index (χ1v) is 8.21. The van der Waals surface area contributed by atoms with E-state index in [1.165, 1.54) is 18.9 Å². The highest BCUT2D eigenvalue weighted by Gasteiger charge is 2.23. The quantitative estimate of drug-likeness (QED) is 0.704. The Hall–Kier alpha value is -0.450. The van der Waals surface area contributed by atoms with E-state index in [0.29, 0.717) is 18.2 Å². The summed E-state index contributed by atoms with van der Waals surface area (Å²) in [7, 11) is 0. The zero-order valence-corrected chi connectivity index (χ0v) is 14.3. The highest BCUT2D eigenvalue weighted by atomic mass is 79.9. The summed E-state index contributed by atoms with van der Waals surface area (Å²) in [6.45, 7) is 7.87. The van der Waals surface area contributed by atoms with Gasteiger partial charge in [0.05, 0.1) is 6.04 Å². The minimum atomic E-state index is -0.184. The van der Waals surface area contributed by atoms with Crippen LogP contribution in [0.15, 0.2) is 22.7 Å². The molecule has 114 valence electrons. The van der Waals surface area contributed by atoms with E-state index < -0.39 is 0 Å². The van der Waals surface area contributed by atoms with Gasteiger partial charge < -0.3 is 5.73 Å². The fourth-order valence-electron chi connectivity index (χ4n) is 2.53. The number of hydrogen-bond acceptors (Lipinski definition) is 2. The van der Waals surface area contributed by atoms with Crippen LogP contribution in [0.5, 0.6) is 0 Å². The molecule has 0 spiro atoms. The molecule has 1 rings (SSSR count). The fraction of sp³-hybridized carbons (Fsp3) is 0.625. The highest BCUT2D eigenvalue weighted by Crippen LogP contribution is 2.27. The normalized spacial score (nSPS) is 13.2. The number of rotatable bonds is 8. The molecule has 1 aromatic rings. The van der Waals surface area contributed by atoms with E-state index in [0.717, 1.165) is 17.4 Å². The summed E-state index contributed by atoms with van der Waals surface area (Å²) in [6.07, 6.45) is 3.51. The summed E-state index contributed by atoms with van der Waals surface area (Å²) in [6, 6.07) is 5.53. The van der Waals surface area contributed by atoms with Crippen LogP contribution in [0.1, 0.15) is 51.6 Å². The molecule has 0 aromatic heterocycles. The summed E-state index contributed by atoms with van der Waals surface area (Å²) in [5.74, 6) is -0.184. The van der Waals surface area contributed by atoms with Crippen molar-refractivity contribution < 1.29 is 4.39 Å². The molecule has 2 nitrogen and oxygen atoms in total. The van der Waals surface area contributed by atoms with Gasteiger partial charge in [-0.25, -0.2) is 4.39 Å². The lowest BCUT2D eigenvalue weighted by Gasteiger charge is -2.35. The molecule has 2 N–H and O–H groups in total. The van der Waals surface area contributed by atoms with Crippen LogP contribution in [0.4, 0.5) is 4.39 Å². The molecule has 0 aliphatic carbocycles. The molecule has 1 atom stereocenters. The molecule has 0 amide bonds. The smallest absolute Gasteiger partial charge is 0.129 e. The van der Waals surface area contributed by atoms with E-state index in [-0.39, 0.29) is 11.9 Å². The van der Waals surface area contributed by atoms with Gasteiger partial charge in [-0.2, -0.15) is 0 Å². The number of nitrogens with zero attached hydrogens (tertiary/aromatic N) is 1. The van der Waals surface area contributed by atoms with Gasteiger partial charge in [0.15, 0.2) is 0 Å². The average molecular weight is 345 g/mol. The van der Waals surface area contributed by atoms with Crippen molar-refractivity contribution in [1.82, 2.24) is 4.90 Å². The number of hydrogen-bond donors (Lipinski definition) is 1. The molecular weight excluding hydrogens is 319 g/mol. The van der Waals surface area contributed by atoms with E-state index in [9.17, 15) is 4.39 Å². The van der Waals surface area contributed by atoms with Crippen molar-refractivity contribution in [2.45, 2.75) is 52.1 Å². The molecule has 1 aromatic carbocycles. The van der Waals surface area contributed by atoms with Gasteiger partial charge in [0.2, 0.25) is 0 Å². The predicted molar refractivity (Wildman–Crippen MR) is 87.3 cm³/mol. The molecule has 20 heavy (non-hydrogen) atoms. The number of benzene rings is 1. The molecule has 4 heteroatoms. The van der Waals surface area contributed by atoms with Crippen molar-refractivity contribution in [3.05, 3.63) is 34.1 Å². The Bertz CT molecular complexity index is 409. The molecule has 0 aliphatic heterocycles. The summed E-state index contributed by atoms with van der Waals surface area (Å²) < 4.78 is 14.9. The number of nitrogens with two attached hydrogens (primary N) is 1. The highest BCUT2D eigenvalue weighted by molar-refractivity contribution is 9.10. The van der Waals surface area contributed by atoms with Crippen LogP contribution in [0.25, 0.3) is 0 Å². The lowest BCUT2D eigenvalue weighted by atomic mass is 10.0. The maximum absolute atomic E-state index is 14.2. The molecule has 0 fully saturated rings. The first-order valence-electron chi connectivity index (χ1n) is 7.42. The Balaban J connectivity index is 2.94. The van der Waals surface area contributed by atoms with Crippen LogP contribution in [-0.4, -0.2) is 24.0 Å². The van der Waals surface area contributed by atoms with Gasteiger partial charge in [-0.05, 0) is 38.9 Å². The Labute approximate surface area is 130 Å². The Kier molecular flexibility index (Phi) is 7.70. The Morgan fingerprint density at radius 1 is 1.30 bits per heavy atom. The summed E-state index contributed by atoms with van der Waals surface area (Å²) in [5.41, 5.74) is 6.63. The molecule has 0 saturated carbocycles. The van der Waals surface area contributed by atoms with Gasteiger partial charge >= 0.3 is 0 Å². The van der Waals surface area contributed by atoms with Crippen molar-refractivity contribution in [2.24, 2.45) is 5.73 Å². The second-order valence-corrected chi connectivity index (χ2v) is 6.37. The summed E-state index contributed by atoms with van der Waals surface area (Å²) >= 11 is 3.30. The van der Waals surface area contributed by atoms with Crippen molar-refractivity contribution in [3.63, 3.8) is 0 Å². The SMILES string of the molecule is CCCCCN(C(C)C)C(CN)c1ccc(Br)cc1F. The monoisotopic (exact) mass is 344 g/mol. The first-order chi connectivity index (χ1) is 9.51. The number of unbranched alkanes of at least 4 members (excludes halogenated alkanes) is 2. The standard InChI is InChI=1S/C16H26BrFN2/c1-4-5-6-9-20(12(2)3)16(11-19)14-8-7-13(17)10-15(14)18/h7-8,10,12,16H,4-6,9,11,19H2,1-3H3. The zero-order chi connectivity index (χ0) is 15.1. The van der Waals surface area contributed by atoms with Crippen LogP contribution in [0.2, 0.25) is 0 Å². The second-order valence-electron chi connectivity index (χ2n) is 5.46. The van der Waals surface area contributed by atoms with E-state index >= 15 is 0 Å². The van der Waals surface area contributed by atoms with Crippen molar-refractivity contribution >= 4 is 15.9 Å². The molecular formula is C16H26BrFN2. The third kappa shape index (κ3) is 4.83. The zero-order valence-electron chi connectivity index (χ0n) is 12.7. The molecule has 0 bridgehead atoms. The van der Waals surface area contributed by atoms with Crippen molar-refractivity contribution in [3.8, 4) is 0 Å². The topological polar surface area (TPSA) is 29.3 Å². The van der Waals surface area contributed by atoms with Crippen LogP contribution in [0.3, 0.4) is 0 Å². The van der Waals surface area contributed by atoms with Gasteiger partial charge in [0.25, 0.3) is 0 Å². The lowest BCUT2D eigenvalue weighted by molar-refractivity contribution is 0.151. The Morgan fingerprint density at radius 2 is 2.00 bits per heavy atom. The fourth-order valence-corrected chi connectivity index (χ4v) is 2.86. The van der Waals surface area contributed by atoms with E-state index in [4.69, 9.17) is 5.73 Å². The molecule has 0 aliphatic rings.